The lowest BCUT2D eigenvalue weighted by Crippen LogP contribution is -2.52. The highest BCUT2D eigenvalue weighted by atomic mass is 16.6. The first-order chi connectivity index (χ1) is 21.2. The van der Waals surface area contributed by atoms with Gasteiger partial charge in [0.1, 0.15) is 6.10 Å². The van der Waals surface area contributed by atoms with Crippen molar-refractivity contribution in [1.82, 2.24) is 10.2 Å². The molecule has 13 nitrogen and oxygen atoms in total. The van der Waals surface area contributed by atoms with Gasteiger partial charge in [-0.15, -0.1) is 0 Å². The van der Waals surface area contributed by atoms with Crippen LogP contribution in [0.2, 0.25) is 0 Å². The number of ether oxygens (including phenoxy) is 3. The predicted octanol–water partition coefficient (Wildman–Crippen LogP) is 1.78. The quantitative estimate of drug-likeness (QED) is 0.256. The Morgan fingerprint density at radius 2 is 1.76 bits per heavy atom. The van der Waals surface area contributed by atoms with E-state index in [-0.39, 0.29) is 48.0 Å². The molecule has 0 aromatic rings. The monoisotopic (exact) mass is 629 g/mol. The second kappa shape index (κ2) is 15.3. The van der Waals surface area contributed by atoms with E-state index in [9.17, 15) is 34.2 Å². The highest BCUT2D eigenvalue weighted by Crippen LogP contribution is 2.33. The van der Waals surface area contributed by atoms with E-state index < -0.39 is 65.8 Å². The number of aliphatic hydroxyl groups is 1. The van der Waals surface area contributed by atoms with E-state index in [0.29, 0.717) is 12.0 Å². The first-order valence-electron chi connectivity index (χ1n) is 14.7. The molecule has 45 heavy (non-hydrogen) atoms. The van der Waals surface area contributed by atoms with Crippen LogP contribution in [0.5, 0.6) is 0 Å². The van der Waals surface area contributed by atoms with E-state index in [4.69, 9.17) is 19.9 Å². The largest absolute Gasteiger partial charge is 0.481 e. The van der Waals surface area contributed by atoms with Gasteiger partial charge in [-0.1, -0.05) is 38.2 Å². The third-order valence-electron chi connectivity index (χ3n) is 8.31. The van der Waals surface area contributed by atoms with Crippen LogP contribution < -0.4 is 11.1 Å². The van der Waals surface area contributed by atoms with Crippen LogP contribution >= 0.6 is 0 Å². The van der Waals surface area contributed by atoms with Gasteiger partial charge in [0.15, 0.2) is 6.10 Å². The molecular formula is C32H43N3O10. The lowest BCUT2D eigenvalue weighted by molar-refractivity contribution is -0.147. The average molecular weight is 630 g/mol. The topological polar surface area (TPSA) is 195 Å². The Balaban J connectivity index is 2.07. The lowest BCUT2D eigenvalue weighted by Gasteiger charge is -2.41. The number of likely N-dealkylation sites (tertiary alicyclic amines) is 1. The van der Waals surface area contributed by atoms with E-state index in [0.717, 1.165) is 6.08 Å². The fraction of sp³-hybridized carbons (Fsp3) is 0.531. The number of hydrogen-bond acceptors (Lipinski definition) is 10. The first-order valence-corrected chi connectivity index (χ1v) is 14.7. The molecule has 13 heteroatoms. The summed E-state index contributed by atoms with van der Waals surface area (Å²) in [6, 6.07) is 0. The number of nitrogens with two attached hydrogens (primary N) is 1. The molecule has 246 valence electrons. The van der Waals surface area contributed by atoms with Gasteiger partial charge in [0, 0.05) is 50.4 Å². The molecule has 2 heterocycles. The molecule has 0 radical (unpaired) electrons. The number of methoxy groups -OCH3 is 2. The Bertz CT molecular complexity index is 1350. The van der Waals surface area contributed by atoms with E-state index in [1.54, 1.807) is 30.9 Å². The number of aliphatic carboxylic acids is 1. The van der Waals surface area contributed by atoms with Gasteiger partial charge in [0.25, 0.3) is 5.91 Å². The molecule has 3 rings (SSSR count). The summed E-state index contributed by atoms with van der Waals surface area (Å²) in [6.45, 7) is 7.02. The Morgan fingerprint density at radius 1 is 1.09 bits per heavy atom. The number of hydrogen-bond donors (Lipinski definition) is 4. The fourth-order valence-electron chi connectivity index (χ4n) is 5.73. The van der Waals surface area contributed by atoms with Crippen LogP contribution in [-0.4, -0.2) is 96.4 Å². The predicted molar refractivity (Wildman–Crippen MR) is 162 cm³/mol. The molecule has 6 atom stereocenters. The Kier molecular flexibility index (Phi) is 12.0. The van der Waals surface area contributed by atoms with Crippen molar-refractivity contribution >= 4 is 29.5 Å². The minimum absolute atomic E-state index is 0.0802. The summed E-state index contributed by atoms with van der Waals surface area (Å²) in [4.78, 5) is 64.9. The molecule has 0 saturated carbocycles. The molecule has 2 amide bonds. The van der Waals surface area contributed by atoms with Crippen LogP contribution in [0.25, 0.3) is 0 Å². The molecule has 0 aromatic heterocycles. The van der Waals surface area contributed by atoms with Gasteiger partial charge in [-0.05, 0) is 38.2 Å². The lowest BCUT2D eigenvalue weighted by atomic mass is 9.84. The number of ketones is 2. The van der Waals surface area contributed by atoms with Crippen LogP contribution in [0.4, 0.5) is 4.79 Å². The molecule has 0 aromatic carbocycles. The third-order valence-corrected chi connectivity index (χ3v) is 8.31. The highest BCUT2D eigenvalue weighted by molar-refractivity contribution is 6.23. The summed E-state index contributed by atoms with van der Waals surface area (Å²) in [5.74, 6) is -4.09. The number of carbonyl (C=O) groups is 5. The number of nitrogens with zero attached hydrogens (tertiary/aromatic N) is 1. The van der Waals surface area contributed by atoms with Gasteiger partial charge in [-0.3, -0.25) is 19.2 Å². The third kappa shape index (κ3) is 8.56. The SMILES string of the molecule is CO[C@H]1/C=C/C=C(/C)C(=O)NC2=CC(=O)C(N3CC(C(=O)O)C3)=C(C[C@@H](C)C[C@H](OC)[C@H](O)[C@@H](C)/C=C(\C)[C@@H]1OC(N)=O)C2=O. The van der Waals surface area contributed by atoms with Crippen molar-refractivity contribution in [2.75, 3.05) is 27.3 Å². The Morgan fingerprint density at radius 3 is 2.33 bits per heavy atom. The van der Waals surface area contributed by atoms with Gasteiger partial charge in [0.05, 0.1) is 29.5 Å². The number of carboxylic acid groups (broad SMARTS) is 1. The van der Waals surface area contributed by atoms with E-state index in [1.165, 1.54) is 33.3 Å². The smallest absolute Gasteiger partial charge is 0.405 e. The van der Waals surface area contributed by atoms with Gasteiger partial charge in [-0.25, -0.2) is 4.79 Å². The number of rotatable bonds is 5. The molecule has 2 bridgehead atoms. The van der Waals surface area contributed by atoms with Crippen LogP contribution in [0, 0.1) is 17.8 Å². The van der Waals surface area contributed by atoms with Crippen molar-refractivity contribution in [2.24, 2.45) is 23.5 Å². The summed E-state index contributed by atoms with van der Waals surface area (Å²) in [5.41, 5.74) is 6.20. The molecule has 3 aliphatic rings. The zero-order valence-corrected chi connectivity index (χ0v) is 26.4. The van der Waals surface area contributed by atoms with Gasteiger partial charge in [0.2, 0.25) is 11.6 Å². The summed E-state index contributed by atoms with van der Waals surface area (Å²) in [7, 11) is 2.88. The number of primary amides is 1. The standard InChI is InChI=1S/C32H43N3O10/c1-16-10-21-26(35-14-20(15-35)31(40)41)23(36)13-22(28(21)38)34-30(39)17(2)8-7-9-24(43-5)29(45-32(33)42)19(4)12-18(3)27(37)25(11-16)44-6/h7-9,12-13,16,18,20,24-25,27,29,37H,10-11,14-15H2,1-6H3,(H2,33,42)(H,34,39)(H,40,41)/b9-7+,17-8-,19-12+/t16-,18+,24+,25+,27-,29+/m1/s1. The van der Waals surface area contributed by atoms with Crippen molar-refractivity contribution in [1.29, 1.82) is 0 Å². The number of carboxylic acids is 1. The molecule has 2 aliphatic heterocycles. The molecule has 0 spiro atoms. The van der Waals surface area contributed by atoms with Crippen molar-refractivity contribution in [2.45, 2.75) is 65.0 Å². The maximum absolute atomic E-state index is 13.8. The van der Waals surface area contributed by atoms with Crippen LogP contribution in [-0.2, 0) is 33.4 Å². The van der Waals surface area contributed by atoms with Crippen LogP contribution in [0.1, 0.15) is 40.5 Å². The molecule has 0 unspecified atom stereocenters. The second-order valence-electron chi connectivity index (χ2n) is 11.8. The first kappa shape index (κ1) is 35.4. The van der Waals surface area contributed by atoms with Crippen molar-refractivity contribution in [3.63, 3.8) is 0 Å². The number of Topliss-reactive ketones (excluding diaryl/α,β-unsaturated/α-hetero) is 1. The van der Waals surface area contributed by atoms with E-state index in [1.807, 2.05) is 6.92 Å². The van der Waals surface area contributed by atoms with E-state index in [2.05, 4.69) is 5.32 Å². The van der Waals surface area contributed by atoms with Gasteiger partial charge < -0.3 is 40.4 Å². The Labute approximate surface area is 262 Å². The van der Waals surface area contributed by atoms with E-state index >= 15 is 0 Å². The number of carbonyl (C=O) groups excluding carboxylic acids is 4. The number of nitrogens with one attached hydrogen (secondary N) is 1. The molecular weight excluding hydrogens is 586 g/mol. The molecule has 1 saturated heterocycles. The zero-order chi connectivity index (χ0) is 33.6. The van der Waals surface area contributed by atoms with Crippen molar-refractivity contribution < 1.29 is 48.4 Å². The number of aliphatic hydroxyl groups excluding tert-OH is 1. The maximum Gasteiger partial charge on any atom is 0.405 e. The summed E-state index contributed by atoms with van der Waals surface area (Å²) in [6.07, 6.45) is 3.30. The fourth-order valence-corrected chi connectivity index (χ4v) is 5.73. The minimum Gasteiger partial charge on any atom is -0.481 e. The van der Waals surface area contributed by atoms with Crippen molar-refractivity contribution in [3.05, 3.63) is 58.5 Å². The molecule has 1 fully saturated rings. The van der Waals surface area contributed by atoms with Crippen LogP contribution in [0.3, 0.4) is 0 Å². The number of allylic oxidation sites excluding steroid dienone is 4. The number of fused-ring (bicyclic) bond motifs is 2. The Hall–Kier alpha value is -4.07. The normalized spacial score (nSPS) is 32.4. The van der Waals surface area contributed by atoms with Crippen molar-refractivity contribution in [3.8, 4) is 0 Å². The molecule has 1 aliphatic carbocycles. The van der Waals surface area contributed by atoms with Gasteiger partial charge in [-0.2, -0.15) is 0 Å². The summed E-state index contributed by atoms with van der Waals surface area (Å²) >= 11 is 0. The summed E-state index contributed by atoms with van der Waals surface area (Å²) < 4.78 is 16.6. The second-order valence-corrected chi connectivity index (χ2v) is 11.8. The zero-order valence-electron chi connectivity index (χ0n) is 26.4. The van der Waals surface area contributed by atoms with Gasteiger partial charge >= 0.3 is 12.1 Å². The number of amides is 2. The highest BCUT2D eigenvalue weighted by Gasteiger charge is 2.41. The minimum atomic E-state index is -1.02. The summed E-state index contributed by atoms with van der Waals surface area (Å²) in [5, 5.41) is 23.2. The average Bonchev–Trinajstić information content (AvgIpc) is 2.94. The molecule has 5 N–H and O–H groups in total. The maximum atomic E-state index is 13.8. The van der Waals surface area contributed by atoms with Crippen LogP contribution in [0.15, 0.2) is 58.5 Å².